The van der Waals surface area contributed by atoms with E-state index in [9.17, 15) is 14.4 Å². The molecule has 9 nitrogen and oxygen atoms in total. The molecule has 20 heavy (non-hydrogen) atoms. The Hall–Kier alpha value is -2.58. The molecule has 1 heterocycles. The van der Waals surface area contributed by atoms with Gasteiger partial charge in [-0.2, -0.15) is 5.10 Å². The molecule has 9 heteroatoms. The van der Waals surface area contributed by atoms with Gasteiger partial charge in [0, 0.05) is 24.8 Å². The van der Waals surface area contributed by atoms with Crippen molar-refractivity contribution in [2.24, 2.45) is 7.05 Å². The molecule has 0 radical (unpaired) electrons. The molecule has 0 atom stereocenters. The number of aryl methyl sites for hydroxylation is 1. The number of aromatic nitrogens is 2. The molecule has 1 rings (SSSR count). The van der Waals surface area contributed by atoms with Crippen LogP contribution in [0.1, 0.15) is 11.3 Å². The normalized spacial score (nSPS) is 9.90. The summed E-state index contributed by atoms with van der Waals surface area (Å²) < 4.78 is 1.69. The second kappa shape index (κ2) is 7.12. The zero-order chi connectivity index (χ0) is 15.1. The van der Waals surface area contributed by atoms with Crippen molar-refractivity contribution in [1.29, 1.82) is 0 Å². The van der Waals surface area contributed by atoms with E-state index in [2.05, 4.69) is 21.0 Å². The first-order chi connectivity index (χ1) is 9.40. The van der Waals surface area contributed by atoms with Crippen LogP contribution in [0.2, 0.25) is 0 Å². The number of rotatable bonds is 6. The molecule has 0 fully saturated rings. The predicted molar refractivity (Wildman–Crippen MR) is 68.8 cm³/mol. The number of carbonyl (C=O) groups is 3. The Balaban J connectivity index is 2.25. The van der Waals surface area contributed by atoms with Crippen LogP contribution in [0.4, 0.5) is 4.79 Å². The van der Waals surface area contributed by atoms with Crippen molar-refractivity contribution in [2.45, 2.75) is 13.5 Å². The molecule has 0 bridgehead atoms. The quantitative estimate of drug-likeness (QED) is 0.518. The lowest BCUT2D eigenvalue weighted by molar-refractivity contribution is -0.137. The van der Waals surface area contributed by atoms with Crippen LogP contribution in [0.5, 0.6) is 0 Å². The van der Waals surface area contributed by atoms with E-state index in [-0.39, 0.29) is 6.54 Å². The van der Waals surface area contributed by atoms with Crippen molar-refractivity contribution in [3.05, 3.63) is 17.5 Å². The molecule has 4 N–H and O–H groups in total. The van der Waals surface area contributed by atoms with Gasteiger partial charge in [0.05, 0.1) is 12.7 Å². The third-order valence-electron chi connectivity index (χ3n) is 2.62. The molecule has 0 aliphatic heterocycles. The van der Waals surface area contributed by atoms with Crippen LogP contribution in [0.3, 0.4) is 0 Å². The molecular formula is C11H17N5O4. The molecule has 0 spiro atoms. The summed E-state index contributed by atoms with van der Waals surface area (Å²) >= 11 is 0. The van der Waals surface area contributed by atoms with Crippen LogP contribution in [0.15, 0.2) is 6.20 Å². The second-order valence-electron chi connectivity index (χ2n) is 4.09. The minimum atomic E-state index is -1.14. The molecule has 0 aliphatic carbocycles. The third-order valence-corrected chi connectivity index (χ3v) is 2.62. The molecule has 3 amide bonds. The van der Waals surface area contributed by atoms with Crippen molar-refractivity contribution in [2.75, 3.05) is 13.1 Å². The number of urea groups is 1. The first-order valence-corrected chi connectivity index (χ1v) is 5.87. The summed E-state index contributed by atoms with van der Waals surface area (Å²) in [5, 5.41) is 19.4. The van der Waals surface area contributed by atoms with Crippen molar-refractivity contribution >= 4 is 17.9 Å². The Morgan fingerprint density at radius 2 is 1.95 bits per heavy atom. The fraction of sp³-hybridized carbons (Fsp3) is 0.455. The number of nitrogens with zero attached hydrogens (tertiary/aromatic N) is 2. The van der Waals surface area contributed by atoms with E-state index in [1.807, 2.05) is 6.92 Å². The van der Waals surface area contributed by atoms with E-state index in [0.717, 1.165) is 11.3 Å². The number of hydrogen-bond acceptors (Lipinski definition) is 4. The van der Waals surface area contributed by atoms with Crippen LogP contribution in [0.25, 0.3) is 0 Å². The summed E-state index contributed by atoms with van der Waals surface area (Å²) in [5.74, 6) is -1.71. The lowest BCUT2D eigenvalue weighted by Crippen LogP contribution is -2.42. The summed E-state index contributed by atoms with van der Waals surface area (Å²) in [5.41, 5.74) is 1.81. The van der Waals surface area contributed by atoms with Crippen LogP contribution in [-0.4, -0.2) is 45.9 Å². The molecule has 1 aromatic rings. The highest BCUT2D eigenvalue weighted by Gasteiger charge is 2.08. The van der Waals surface area contributed by atoms with Gasteiger partial charge in [0.15, 0.2) is 0 Å². The summed E-state index contributed by atoms with van der Waals surface area (Å²) in [6.45, 7) is 1.41. The van der Waals surface area contributed by atoms with Gasteiger partial charge in [-0.3, -0.25) is 14.3 Å². The smallest absolute Gasteiger partial charge is 0.322 e. The SMILES string of the molecule is Cc1c(CNC(=O)NCC(=O)NCC(=O)O)cnn1C. The Bertz CT molecular complexity index is 511. The average Bonchev–Trinajstić information content (AvgIpc) is 2.72. The molecule has 0 aromatic carbocycles. The first-order valence-electron chi connectivity index (χ1n) is 5.87. The van der Waals surface area contributed by atoms with Gasteiger partial charge in [0.25, 0.3) is 0 Å². The van der Waals surface area contributed by atoms with Crippen LogP contribution >= 0.6 is 0 Å². The highest BCUT2D eigenvalue weighted by atomic mass is 16.4. The van der Waals surface area contributed by atoms with E-state index in [0.29, 0.717) is 6.54 Å². The number of aliphatic carboxylic acids is 1. The number of carboxylic acids is 1. The van der Waals surface area contributed by atoms with Crippen LogP contribution < -0.4 is 16.0 Å². The van der Waals surface area contributed by atoms with Crippen LogP contribution in [0, 0.1) is 6.92 Å². The van der Waals surface area contributed by atoms with E-state index in [1.54, 1.807) is 17.9 Å². The zero-order valence-corrected chi connectivity index (χ0v) is 11.3. The van der Waals surface area contributed by atoms with Gasteiger partial charge in [-0.1, -0.05) is 0 Å². The molecule has 110 valence electrons. The summed E-state index contributed by atoms with van der Waals surface area (Å²) in [6.07, 6.45) is 1.65. The summed E-state index contributed by atoms with van der Waals surface area (Å²) in [7, 11) is 1.80. The van der Waals surface area contributed by atoms with Crippen molar-refractivity contribution in [3.63, 3.8) is 0 Å². The fourth-order valence-electron chi connectivity index (χ4n) is 1.35. The minimum Gasteiger partial charge on any atom is -0.480 e. The number of hydrogen-bond donors (Lipinski definition) is 4. The number of amides is 3. The van der Waals surface area contributed by atoms with Gasteiger partial charge in [0.1, 0.15) is 6.54 Å². The molecule has 0 saturated heterocycles. The molecular weight excluding hydrogens is 266 g/mol. The maximum absolute atomic E-state index is 11.4. The summed E-state index contributed by atoms with van der Waals surface area (Å²) in [6, 6.07) is -0.515. The van der Waals surface area contributed by atoms with E-state index >= 15 is 0 Å². The topological polar surface area (TPSA) is 125 Å². The van der Waals surface area contributed by atoms with Crippen molar-refractivity contribution in [1.82, 2.24) is 25.7 Å². The predicted octanol–water partition coefficient (Wildman–Crippen LogP) is -1.27. The van der Waals surface area contributed by atoms with E-state index < -0.39 is 24.5 Å². The molecule has 0 unspecified atom stereocenters. The number of carboxylic acid groups (broad SMARTS) is 1. The van der Waals surface area contributed by atoms with Gasteiger partial charge in [-0.15, -0.1) is 0 Å². The van der Waals surface area contributed by atoms with E-state index in [4.69, 9.17) is 5.11 Å². The van der Waals surface area contributed by atoms with Gasteiger partial charge < -0.3 is 21.1 Å². The Morgan fingerprint density at radius 3 is 2.50 bits per heavy atom. The maximum atomic E-state index is 11.4. The maximum Gasteiger partial charge on any atom is 0.322 e. The molecule has 1 aromatic heterocycles. The second-order valence-corrected chi connectivity index (χ2v) is 4.09. The fourth-order valence-corrected chi connectivity index (χ4v) is 1.35. The van der Waals surface area contributed by atoms with Gasteiger partial charge in [-0.25, -0.2) is 4.79 Å². The first kappa shape index (κ1) is 15.5. The largest absolute Gasteiger partial charge is 0.480 e. The Morgan fingerprint density at radius 1 is 1.25 bits per heavy atom. The van der Waals surface area contributed by atoms with Gasteiger partial charge in [-0.05, 0) is 6.92 Å². The Labute approximate surface area is 115 Å². The van der Waals surface area contributed by atoms with Gasteiger partial charge >= 0.3 is 12.0 Å². The standard InChI is InChI=1S/C11H17N5O4/c1-7-8(4-15-16(7)2)3-13-11(20)14-5-9(17)12-6-10(18)19/h4H,3,5-6H2,1-2H3,(H,12,17)(H,18,19)(H2,13,14,20). The number of nitrogens with one attached hydrogen (secondary N) is 3. The lowest BCUT2D eigenvalue weighted by atomic mass is 10.2. The van der Waals surface area contributed by atoms with Crippen LogP contribution in [-0.2, 0) is 23.2 Å². The average molecular weight is 283 g/mol. The number of carbonyl (C=O) groups excluding carboxylic acids is 2. The van der Waals surface area contributed by atoms with Gasteiger partial charge in [0.2, 0.25) is 5.91 Å². The molecule has 0 saturated carbocycles. The zero-order valence-electron chi connectivity index (χ0n) is 11.3. The monoisotopic (exact) mass is 283 g/mol. The van der Waals surface area contributed by atoms with Crippen molar-refractivity contribution in [3.8, 4) is 0 Å². The highest BCUT2D eigenvalue weighted by Crippen LogP contribution is 2.04. The minimum absolute atomic E-state index is 0.287. The highest BCUT2D eigenvalue weighted by molar-refractivity contribution is 5.86. The molecule has 0 aliphatic rings. The lowest BCUT2D eigenvalue weighted by Gasteiger charge is -2.07. The van der Waals surface area contributed by atoms with Crippen molar-refractivity contribution < 1.29 is 19.5 Å². The Kier molecular flexibility index (Phi) is 5.51. The summed E-state index contributed by atoms with van der Waals surface area (Å²) in [4.78, 5) is 32.8. The van der Waals surface area contributed by atoms with E-state index in [1.165, 1.54) is 0 Å². The third kappa shape index (κ3) is 4.96.